The number of carbonyl (C=O) groups is 1. The van der Waals surface area contributed by atoms with Crippen molar-refractivity contribution < 1.29 is 9.53 Å². The molecule has 0 spiro atoms. The van der Waals surface area contributed by atoms with Crippen LogP contribution in [0.3, 0.4) is 0 Å². The molecule has 0 fully saturated rings. The fourth-order valence-corrected chi connectivity index (χ4v) is 2.37. The molecule has 23 heavy (non-hydrogen) atoms. The van der Waals surface area contributed by atoms with Crippen molar-refractivity contribution in [1.29, 1.82) is 0 Å². The van der Waals surface area contributed by atoms with E-state index >= 15 is 0 Å². The van der Waals surface area contributed by atoms with Gasteiger partial charge in [0.25, 0.3) is 5.91 Å². The van der Waals surface area contributed by atoms with Crippen molar-refractivity contribution in [1.82, 2.24) is 4.90 Å². The highest BCUT2D eigenvalue weighted by molar-refractivity contribution is 5.94. The third-order valence-electron chi connectivity index (χ3n) is 3.80. The van der Waals surface area contributed by atoms with Gasteiger partial charge in [-0.25, -0.2) is 0 Å². The molecule has 0 radical (unpaired) electrons. The van der Waals surface area contributed by atoms with Gasteiger partial charge in [0.05, 0.1) is 0 Å². The molecule has 2 rings (SSSR count). The van der Waals surface area contributed by atoms with Crippen molar-refractivity contribution >= 4 is 5.91 Å². The van der Waals surface area contributed by atoms with Gasteiger partial charge in [-0.1, -0.05) is 43.7 Å². The van der Waals surface area contributed by atoms with Crippen LogP contribution in [-0.4, -0.2) is 23.9 Å². The SMILES string of the molecule is CCCCN(CC)C(=O)c1ccc(OCc2ccccc2)cc1. The van der Waals surface area contributed by atoms with Crippen molar-refractivity contribution in [2.45, 2.75) is 33.3 Å². The molecule has 0 bridgehead atoms. The lowest BCUT2D eigenvalue weighted by Crippen LogP contribution is -2.31. The van der Waals surface area contributed by atoms with E-state index < -0.39 is 0 Å². The molecule has 0 aliphatic rings. The summed E-state index contributed by atoms with van der Waals surface area (Å²) in [5, 5.41) is 0. The molecule has 0 saturated carbocycles. The van der Waals surface area contributed by atoms with Gasteiger partial charge in [-0.2, -0.15) is 0 Å². The summed E-state index contributed by atoms with van der Waals surface area (Å²) in [6.45, 7) is 6.25. The van der Waals surface area contributed by atoms with Gasteiger partial charge in [-0.3, -0.25) is 4.79 Å². The van der Waals surface area contributed by atoms with Gasteiger partial charge in [0, 0.05) is 18.7 Å². The van der Waals surface area contributed by atoms with E-state index in [-0.39, 0.29) is 5.91 Å². The Balaban J connectivity index is 1.94. The van der Waals surface area contributed by atoms with Gasteiger partial charge in [0.2, 0.25) is 0 Å². The highest BCUT2D eigenvalue weighted by Crippen LogP contribution is 2.16. The van der Waals surface area contributed by atoms with Crippen molar-refractivity contribution in [2.24, 2.45) is 0 Å². The maximum Gasteiger partial charge on any atom is 0.253 e. The first-order valence-electron chi connectivity index (χ1n) is 8.30. The third kappa shape index (κ3) is 5.13. The number of carbonyl (C=O) groups excluding carboxylic acids is 1. The molecular formula is C20H25NO2. The number of rotatable bonds is 8. The molecule has 0 heterocycles. The Morgan fingerprint density at radius 1 is 1.00 bits per heavy atom. The van der Waals surface area contributed by atoms with Crippen LogP contribution in [0, 0.1) is 0 Å². The minimum Gasteiger partial charge on any atom is -0.489 e. The molecule has 3 heteroatoms. The molecule has 0 aromatic heterocycles. The first kappa shape index (κ1) is 17.1. The molecule has 122 valence electrons. The van der Waals surface area contributed by atoms with Crippen molar-refractivity contribution in [3.05, 3.63) is 65.7 Å². The zero-order chi connectivity index (χ0) is 16.5. The van der Waals surface area contributed by atoms with E-state index in [1.807, 2.05) is 66.4 Å². The molecular weight excluding hydrogens is 286 g/mol. The number of hydrogen-bond acceptors (Lipinski definition) is 2. The highest BCUT2D eigenvalue weighted by atomic mass is 16.5. The Hall–Kier alpha value is -2.29. The summed E-state index contributed by atoms with van der Waals surface area (Å²) in [7, 11) is 0. The summed E-state index contributed by atoms with van der Waals surface area (Å²) >= 11 is 0. The second-order valence-corrected chi connectivity index (χ2v) is 5.54. The summed E-state index contributed by atoms with van der Waals surface area (Å²) in [5.74, 6) is 0.873. The summed E-state index contributed by atoms with van der Waals surface area (Å²) in [6.07, 6.45) is 2.13. The lowest BCUT2D eigenvalue weighted by molar-refractivity contribution is 0.0762. The fraction of sp³-hybridized carbons (Fsp3) is 0.350. The van der Waals surface area contributed by atoms with E-state index in [4.69, 9.17) is 4.74 Å². The Morgan fingerprint density at radius 3 is 2.30 bits per heavy atom. The summed E-state index contributed by atoms with van der Waals surface area (Å²) < 4.78 is 5.75. The van der Waals surface area contributed by atoms with Gasteiger partial charge < -0.3 is 9.64 Å². The lowest BCUT2D eigenvalue weighted by atomic mass is 10.1. The molecule has 2 aromatic carbocycles. The maximum absolute atomic E-state index is 12.5. The van der Waals surface area contributed by atoms with Crippen molar-refractivity contribution in [3.8, 4) is 5.75 Å². The molecule has 0 unspecified atom stereocenters. The van der Waals surface area contributed by atoms with Gasteiger partial charge in [-0.05, 0) is 43.2 Å². The van der Waals surface area contributed by atoms with Crippen LogP contribution in [0.5, 0.6) is 5.75 Å². The highest BCUT2D eigenvalue weighted by Gasteiger charge is 2.13. The minimum absolute atomic E-state index is 0.0931. The van der Waals surface area contributed by atoms with E-state index in [2.05, 4.69) is 6.92 Å². The molecule has 2 aromatic rings. The lowest BCUT2D eigenvalue weighted by Gasteiger charge is -2.20. The van der Waals surface area contributed by atoms with Crippen LogP contribution in [0.25, 0.3) is 0 Å². The largest absolute Gasteiger partial charge is 0.489 e. The topological polar surface area (TPSA) is 29.5 Å². The average Bonchev–Trinajstić information content (AvgIpc) is 2.62. The predicted octanol–water partition coefficient (Wildman–Crippen LogP) is 4.53. The first-order chi connectivity index (χ1) is 11.2. The van der Waals surface area contributed by atoms with Gasteiger partial charge in [-0.15, -0.1) is 0 Å². The molecule has 0 aliphatic carbocycles. The molecule has 3 nitrogen and oxygen atoms in total. The molecule has 0 aliphatic heterocycles. The van der Waals surface area contributed by atoms with Crippen molar-refractivity contribution in [2.75, 3.05) is 13.1 Å². The average molecular weight is 311 g/mol. The van der Waals surface area contributed by atoms with Gasteiger partial charge >= 0.3 is 0 Å². The van der Waals surface area contributed by atoms with Crippen LogP contribution < -0.4 is 4.74 Å². The standard InChI is InChI=1S/C20H25NO2/c1-3-5-15-21(4-2)20(22)18-11-13-19(14-12-18)23-16-17-9-7-6-8-10-17/h6-14H,3-5,15-16H2,1-2H3. The monoisotopic (exact) mass is 311 g/mol. The second-order valence-electron chi connectivity index (χ2n) is 5.54. The predicted molar refractivity (Wildman–Crippen MR) is 93.7 cm³/mol. The van der Waals surface area contributed by atoms with E-state index in [0.29, 0.717) is 6.61 Å². The second kappa shape index (κ2) is 8.99. The summed E-state index contributed by atoms with van der Waals surface area (Å²) in [6, 6.07) is 17.5. The summed E-state index contributed by atoms with van der Waals surface area (Å²) in [5.41, 5.74) is 1.85. The minimum atomic E-state index is 0.0931. The van der Waals surface area contributed by atoms with E-state index in [1.165, 1.54) is 0 Å². The maximum atomic E-state index is 12.5. The number of hydrogen-bond donors (Lipinski definition) is 0. The first-order valence-corrected chi connectivity index (χ1v) is 8.30. The number of unbranched alkanes of at least 4 members (excludes halogenated alkanes) is 1. The van der Waals surface area contributed by atoms with E-state index in [0.717, 1.165) is 42.8 Å². The number of ether oxygens (including phenoxy) is 1. The molecule has 0 N–H and O–H groups in total. The van der Waals surface area contributed by atoms with Crippen molar-refractivity contribution in [3.63, 3.8) is 0 Å². The van der Waals surface area contributed by atoms with E-state index in [1.54, 1.807) is 0 Å². The number of benzene rings is 2. The van der Waals surface area contributed by atoms with Crippen LogP contribution in [0.15, 0.2) is 54.6 Å². The van der Waals surface area contributed by atoms with E-state index in [9.17, 15) is 4.79 Å². The third-order valence-corrected chi connectivity index (χ3v) is 3.80. The molecule has 1 amide bonds. The van der Waals surface area contributed by atoms with Crippen LogP contribution in [-0.2, 0) is 6.61 Å². The smallest absolute Gasteiger partial charge is 0.253 e. The Bertz CT molecular complexity index is 593. The van der Waals surface area contributed by atoms with Crippen LogP contribution >= 0.6 is 0 Å². The van der Waals surface area contributed by atoms with Crippen LogP contribution in [0.4, 0.5) is 0 Å². The normalized spacial score (nSPS) is 10.3. The fourth-order valence-electron chi connectivity index (χ4n) is 2.37. The quantitative estimate of drug-likeness (QED) is 0.717. The Kier molecular flexibility index (Phi) is 6.67. The zero-order valence-electron chi connectivity index (χ0n) is 14.0. The van der Waals surface area contributed by atoms with Crippen LogP contribution in [0.1, 0.15) is 42.6 Å². The van der Waals surface area contributed by atoms with Crippen LogP contribution in [0.2, 0.25) is 0 Å². The Morgan fingerprint density at radius 2 is 1.70 bits per heavy atom. The van der Waals surface area contributed by atoms with Gasteiger partial charge in [0.1, 0.15) is 12.4 Å². The van der Waals surface area contributed by atoms with Gasteiger partial charge in [0.15, 0.2) is 0 Å². The Labute approximate surface area is 138 Å². The number of nitrogens with zero attached hydrogens (tertiary/aromatic N) is 1. The molecule has 0 atom stereocenters. The zero-order valence-corrected chi connectivity index (χ0v) is 14.0. The molecule has 0 saturated heterocycles. The summed E-state index contributed by atoms with van der Waals surface area (Å²) in [4.78, 5) is 14.3. The number of amides is 1.